The van der Waals surface area contributed by atoms with E-state index in [0.29, 0.717) is 29.9 Å². The zero-order valence-corrected chi connectivity index (χ0v) is 18.6. The van der Waals surface area contributed by atoms with Crippen molar-refractivity contribution in [3.63, 3.8) is 0 Å². The van der Waals surface area contributed by atoms with Crippen LogP contribution in [-0.2, 0) is 17.1 Å². The number of alkyl halides is 6. The number of thiophene rings is 1. The number of aliphatic carboxylic acids is 1. The molecular weight excluding hydrogens is 490 g/mol. The molecule has 1 amide bonds. The van der Waals surface area contributed by atoms with Crippen LogP contribution in [0.1, 0.15) is 53.5 Å². The molecule has 1 aliphatic heterocycles. The van der Waals surface area contributed by atoms with Gasteiger partial charge < -0.3 is 14.7 Å². The van der Waals surface area contributed by atoms with Crippen LogP contribution in [0.3, 0.4) is 0 Å². The third-order valence-electron chi connectivity index (χ3n) is 5.52. The molecule has 2 unspecified atom stereocenters. The van der Waals surface area contributed by atoms with Gasteiger partial charge in [-0.2, -0.15) is 26.3 Å². The number of aromatic nitrogens is 1. The van der Waals surface area contributed by atoms with Gasteiger partial charge >= 0.3 is 18.3 Å². The molecule has 0 spiro atoms. The van der Waals surface area contributed by atoms with E-state index in [9.17, 15) is 41.0 Å². The van der Waals surface area contributed by atoms with E-state index in [0.717, 1.165) is 22.5 Å². The van der Waals surface area contributed by atoms with E-state index in [1.165, 1.54) is 0 Å². The molecule has 0 aliphatic carbocycles. The lowest BCUT2D eigenvalue weighted by Gasteiger charge is -2.47. The molecule has 3 heterocycles. The number of carbonyl (C=O) groups excluding carboxylic acids is 1. The molecule has 34 heavy (non-hydrogen) atoms. The molecule has 186 valence electrons. The van der Waals surface area contributed by atoms with Gasteiger partial charge in [0.1, 0.15) is 16.3 Å². The van der Waals surface area contributed by atoms with Gasteiger partial charge in [0.05, 0.1) is 11.6 Å². The Labute approximate surface area is 194 Å². The van der Waals surface area contributed by atoms with Gasteiger partial charge in [-0.1, -0.05) is 13.3 Å². The number of carboxylic acids is 1. The first-order valence-electron chi connectivity index (χ1n) is 10.2. The SMILES string of the molecule is CCCC1N(C(=O)c2ncccc2C(F)(F)F)CCCC1(Oc1csc(C(F)(F)F)c1)C(=O)O. The molecule has 0 bridgehead atoms. The van der Waals surface area contributed by atoms with E-state index in [1.54, 1.807) is 6.92 Å². The number of likely N-dealkylation sites (tertiary alicyclic amines) is 1. The first-order chi connectivity index (χ1) is 15.8. The second-order valence-corrected chi connectivity index (χ2v) is 8.66. The van der Waals surface area contributed by atoms with Crippen molar-refractivity contribution < 1.29 is 45.8 Å². The van der Waals surface area contributed by atoms with Crippen LogP contribution in [0.4, 0.5) is 26.3 Å². The number of carboxylic acid groups (broad SMARTS) is 1. The summed E-state index contributed by atoms with van der Waals surface area (Å²) in [5, 5.41) is 11.1. The summed E-state index contributed by atoms with van der Waals surface area (Å²) in [5.74, 6) is -2.99. The average Bonchev–Trinajstić information content (AvgIpc) is 3.23. The molecule has 1 saturated heterocycles. The van der Waals surface area contributed by atoms with Crippen LogP contribution < -0.4 is 4.74 Å². The molecular formula is C21H20F6N2O4S. The molecule has 0 aromatic carbocycles. The van der Waals surface area contributed by atoms with Crippen molar-refractivity contribution in [1.29, 1.82) is 0 Å². The van der Waals surface area contributed by atoms with E-state index in [4.69, 9.17) is 4.74 Å². The fraction of sp³-hybridized carbons (Fsp3) is 0.476. The molecule has 2 atom stereocenters. The molecule has 6 nitrogen and oxygen atoms in total. The lowest BCUT2D eigenvalue weighted by molar-refractivity contribution is -0.166. The second-order valence-electron chi connectivity index (χ2n) is 7.75. The summed E-state index contributed by atoms with van der Waals surface area (Å²) in [6, 6.07) is 1.15. The van der Waals surface area contributed by atoms with Crippen LogP contribution in [-0.4, -0.2) is 45.1 Å². The van der Waals surface area contributed by atoms with Crippen molar-refractivity contribution in [1.82, 2.24) is 9.88 Å². The average molecular weight is 510 g/mol. The maximum atomic E-state index is 13.5. The third-order valence-corrected chi connectivity index (χ3v) is 6.47. The van der Waals surface area contributed by atoms with Crippen LogP contribution in [0.5, 0.6) is 5.75 Å². The van der Waals surface area contributed by atoms with Crippen LogP contribution >= 0.6 is 11.3 Å². The van der Waals surface area contributed by atoms with Gasteiger partial charge in [0, 0.05) is 30.6 Å². The largest absolute Gasteiger partial charge is 0.478 e. The van der Waals surface area contributed by atoms with E-state index < -0.39 is 52.0 Å². The second kappa shape index (κ2) is 9.43. The Bertz CT molecular complexity index is 1050. The van der Waals surface area contributed by atoms with E-state index in [2.05, 4.69) is 4.98 Å². The number of ether oxygens (including phenoxy) is 1. The number of hydrogen-bond acceptors (Lipinski definition) is 5. The highest BCUT2D eigenvalue weighted by molar-refractivity contribution is 7.10. The van der Waals surface area contributed by atoms with Crippen molar-refractivity contribution in [2.45, 2.75) is 56.6 Å². The summed E-state index contributed by atoms with van der Waals surface area (Å²) in [6.07, 6.45) is -8.26. The Hall–Kier alpha value is -2.83. The normalized spacial score (nSPS) is 21.4. The molecule has 3 rings (SSSR count). The van der Waals surface area contributed by atoms with Gasteiger partial charge in [-0.3, -0.25) is 9.78 Å². The van der Waals surface area contributed by atoms with Gasteiger partial charge in [-0.15, -0.1) is 11.3 Å². The first-order valence-corrected chi connectivity index (χ1v) is 11.1. The molecule has 1 fully saturated rings. The third kappa shape index (κ3) is 4.98. The molecule has 1 aliphatic rings. The van der Waals surface area contributed by atoms with Crippen LogP contribution in [0.25, 0.3) is 0 Å². The Morgan fingerprint density at radius 3 is 2.53 bits per heavy atom. The van der Waals surface area contributed by atoms with Crippen LogP contribution in [0.2, 0.25) is 0 Å². The fourth-order valence-electron chi connectivity index (χ4n) is 4.08. The van der Waals surface area contributed by atoms with Crippen molar-refractivity contribution in [2.24, 2.45) is 0 Å². The molecule has 2 aromatic rings. The minimum atomic E-state index is -4.87. The zero-order chi connectivity index (χ0) is 25.3. The highest BCUT2D eigenvalue weighted by atomic mass is 32.1. The number of hydrogen-bond donors (Lipinski definition) is 1. The van der Waals surface area contributed by atoms with Gasteiger partial charge in [0.2, 0.25) is 5.60 Å². The van der Waals surface area contributed by atoms with Crippen molar-refractivity contribution in [2.75, 3.05) is 6.54 Å². The number of amides is 1. The predicted molar refractivity (Wildman–Crippen MR) is 109 cm³/mol. The Morgan fingerprint density at radius 2 is 1.97 bits per heavy atom. The summed E-state index contributed by atoms with van der Waals surface area (Å²) < 4.78 is 85.1. The van der Waals surface area contributed by atoms with Gasteiger partial charge in [-0.25, -0.2) is 4.79 Å². The number of piperidine rings is 1. The minimum absolute atomic E-state index is 0.0302. The van der Waals surface area contributed by atoms with Crippen molar-refractivity contribution >= 4 is 23.2 Å². The molecule has 13 heteroatoms. The van der Waals surface area contributed by atoms with Crippen molar-refractivity contribution in [3.05, 3.63) is 45.9 Å². The van der Waals surface area contributed by atoms with E-state index in [-0.39, 0.29) is 31.6 Å². The summed E-state index contributed by atoms with van der Waals surface area (Å²) >= 11 is 0.320. The quantitative estimate of drug-likeness (QED) is 0.520. The predicted octanol–water partition coefficient (Wildman–Crippen LogP) is 5.49. The standard InChI is InChI=1S/C21H20F6N2O4S/c1-2-5-14-19(18(31)32,33-12-10-15(34-11-12)21(25,26)27)7-4-9-29(14)17(30)16-13(20(22,23)24)6-3-8-28-16/h3,6,8,10-11,14H,2,4-5,7,9H2,1H3,(H,31,32). The molecule has 2 aromatic heterocycles. The van der Waals surface area contributed by atoms with Gasteiger partial charge in [0.15, 0.2) is 0 Å². The summed E-state index contributed by atoms with van der Waals surface area (Å²) in [5.41, 5.74) is -4.30. The van der Waals surface area contributed by atoms with Gasteiger partial charge in [-0.05, 0) is 25.0 Å². The van der Waals surface area contributed by atoms with Crippen LogP contribution in [0, 0.1) is 0 Å². The van der Waals surface area contributed by atoms with Gasteiger partial charge in [0.25, 0.3) is 5.91 Å². The number of nitrogens with zero attached hydrogens (tertiary/aromatic N) is 2. The van der Waals surface area contributed by atoms with E-state index in [1.807, 2.05) is 0 Å². The smallest absolute Gasteiger partial charge is 0.425 e. The number of rotatable bonds is 6. The highest BCUT2D eigenvalue weighted by Crippen LogP contribution is 2.41. The Morgan fingerprint density at radius 1 is 1.26 bits per heavy atom. The summed E-state index contributed by atoms with van der Waals surface area (Å²) in [7, 11) is 0. The number of pyridine rings is 1. The first kappa shape index (κ1) is 25.8. The summed E-state index contributed by atoms with van der Waals surface area (Å²) in [4.78, 5) is 29.2. The Balaban J connectivity index is 2.04. The van der Waals surface area contributed by atoms with Crippen molar-refractivity contribution in [3.8, 4) is 5.75 Å². The maximum absolute atomic E-state index is 13.5. The molecule has 0 saturated carbocycles. The van der Waals surface area contributed by atoms with Crippen LogP contribution in [0.15, 0.2) is 29.8 Å². The minimum Gasteiger partial charge on any atom is -0.478 e. The Kier molecular flexibility index (Phi) is 7.15. The zero-order valence-electron chi connectivity index (χ0n) is 17.7. The lowest BCUT2D eigenvalue weighted by Crippen LogP contribution is -2.65. The number of carbonyl (C=O) groups is 2. The topological polar surface area (TPSA) is 79.7 Å². The fourth-order valence-corrected chi connectivity index (χ4v) is 4.75. The highest BCUT2D eigenvalue weighted by Gasteiger charge is 2.55. The monoisotopic (exact) mass is 510 g/mol. The number of halogens is 6. The van der Waals surface area contributed by atoms with E-state index >= 15 is 0 Å². The maximum Gasteiger partial charge on any atom is 0.425 e. The molecule has 1 N–H and O–H groups in total. The summed E-state index contributed by atoms with van der Waals surface area (Å²) in [6.45, 7) is 1.62. The lowest BCUT2D eigenvalue weighted by atomic mass is 9.81. The molecule has 0 radical (unpaired) electrons.